The van der Waals surface area contributed by atoms with Gasteiger partial charge in [0.1, 0.15) is 23.9 Å². The lowest BCUT2D eigenvalue weighted by Gasteiger charge is -2.23. The largest absolute Gasteiger partial charge is 0.487 e. The summed E-state index contributed by atoms with van der Waals surface area (Å²) in [5.41, 5.74) is 0.879. The number of carbonyl (C=O) groups excluding carboxylic acids is 1. The third-order valence-electron chi connectivity index (χ3n) is 8.32. The number of hydrogen-bond acceptors (Lipinski definition) is 8. The van der Waals surface area contributed by atoms with E-state index < -0.39 is 23.3 Å². The predicted molar refractivity (Wildman–Crippen MR) is 169 cm³/mol. The zero-order valence-electron chi connectivity index (χ0n) is 25.7. The number of anilines is 1. The van der Waals surface area contributed by atoms with Gasteiger partial charge in [-0.2, -0.15) is 18.3 Å². The summed E-state index contributed by atoms with van der Waals surface area (Å²) in [4.78, 5) is 30.7. The van der Waals surface area contributed by atoms with E-state index in [4.69, 9.17) is 26.3 Å². The minimum absolute atomic E-state index is 0.0691. The average Bonchev–Trinajstić information content (AvgIpc) is 3.75. The monoisotopic (exact) mass is 708 g/mol. The minimum Gasteiger partial charge on any atom is -0.420 e. The van der Waals surface area contributed by atoms with Crippen LogP contribution in [0.1, 0.15) is 46.1 Å². The Balaban J connectivity index is 1.18. The molecule has 0 unspecified atom stereocenters. The van der Waals surface area contributed by atoms with E-state index in [-0.39, 0.29) is 29.9 Å². The number of halogens is 6. The van der Waals surface area contributed by atoms with E-state index in [1.165, 1.54) is 28.9 Å². The van der Waals surface area contributed by atoms with Gasteiger partial charge in [0.2, 0.25) is 0 Å². The van der Waals surface area contributed by atoms with Gasteiger partial charge in [0.05, 0.1) is 35.1 Å². The Bertz CT molecular complexity index is 2320. The topological polar surface area (TPSA) is 122 Å². The first-order valence-electron chi connectivity index (χ1n) is 15.1. The highest BCUT2D eigenvalue weighted by Crippen LogP contribution is 2.40. The summed E-state index contributed by atoms with van der Waals surface area (Å²) in [7, 11) is 0. The molecule has 254 valence electrons. The Labute approximate surface area is 283 Å². The number of hydrogen-bond donors (Lipinski definition) is 1. The second kappa shape index (κ2) is 11.6. The number of nitrogens with one attached hydrogen (secondary N) is 1. The van der Waals surface area contributed by atoms with Gasteiger partial charge in [-0.25, -0.2) is 19.6 Å². The molecule has 1 N–H and O–H groups in total. The molecule has 2 aromatic carbocycles. The van der Waals surface area contributed by atoms with Gasteiger partial charge in [-0.1, -0.05) is 0 Å². The molecule has 0 saturated heterocycles. The fraction of sp³-hybridized carbons (Fsp3) is 0.212. The van der Waals surface area contributed by atoms with Crippen LogP contribution in [0.15, 0.2) is 67.1 Å². The fourth-order valence-corrected chi connectivity index (χ4v) is 6.29. The molecule has 4 aromatic heterocycles. The summed E-state index contributed by atoms with van der Waals surface area (Å²) >= 11 is 4.84. The van der Waals surface area contributed by atoms with Crippen molar-refractivity contribution in [3.05, 3.63) is 95.5 Å². The second-order valence-electron chi connectivity index (χ2n) is 11.8. The fourth-order valence-electron chi connectivity index (χ4n) is 6.20. The Morgan fingerprint density at radius 1 is 1.04 bits per heavy atom. The zero-order chi connectivity index (χ0) is 34.9. The van der Waals surface area contributed by atoms with E-state index in [1.807, 2.05) is 13.0 Å². The molecular formula is C33H22ClF5N8O3. The van der Waals surface area contributed by atoms with Crippen LogP contribution in [0.5, 0.6) is 5.75 Å². The molecule has 17 heteroatoms. The molecule has 0 fully saturated rings. The third-order valence-corrected chi connectivity index (χ3v) is 8.40. The summed E-state index contributed by atoms with van der Waals surface area (Å²) < 4.78 is 79.4. The molecule has 1 aliphatic carbocycles. The van der Waals surface area contributed by atoms with Gasteiger partial charge in [-0.3, -0.25) is 9.78 Å². The standard InChI is InChI=1S/C33H22ClF5N8O3/c1-16-14-49-15-27-43-25-10-17(30(48)42-20-2-4-21(5-3-20)50-33(34,38)39)8-22(29(25)47(16)27)18-9-23-24(41-12-18)11-19-13-46(45-28(19)23)31-40-7-6-26(44-31)32(35,36)37/h2-10,12-13,16H,11,14-15H2,1H3,(H,42,48)/t16-/m1/s1. The quantitative estimate of drug-likeness (QED) is 0.143. The molecule has 0 radical (unpaired) electrons. The van der Waals surface area contributed by atoms with Gasteiger partial charge in [0, 0.05) is 70.1 Å². The molecule has 5 heterocycles. The van der Waals surface area contributed by atoms with Crippen LogP contribution in [0.4, 0.5) is 27.6 Å². The average molecular weight is 709 g/mol. The first-order chi connectivity index (χ1) is 23.8. The molecule has 0 bridgehead atoms. The van der Waals surface area contributed by atoms with Gasteiger partial charge in [0.25, 0.3) is 11.9 Å². The van der Waals surface area contributed by atoms with Crippen LogP contribution in [0.3, 0.4) is 0 Å². The summed E-state index contributed by atoms with van der Waals surface area (Å²) in [5.74, 6) is -0.218. The number of nitrogens with zero attached hydrogens (tertiary/aromatic N) is 7. The van der Waals surface area contributed by atoms with Crippen molar-refractivity contribution in [1.82, 2.24) is 34.3 Å². The predicted octanol–water partition coefficient (Wildman–Crippen LogP) is 7.18. The van der Waals surface area contributed by atoms with E-state index in [1.54, 1.807) is 24.5 Å². The molecule has 0 spiro atoms. The molecule has 6 aromatic rings. The van der Waals surface area contributed by atoms with E-state index in [2.05, 4.69) is 29.7 Å². The summed E-state index contributed by atoms with van der Waals surface area (Å²) in [6, 6.07) is 11.3. The second-order valence-corrected chi connectivity index (χ2v) is 12.2. The van der Waals surface area contributed by atoms with Crippen LogP contribution in [-0.2, 0) is 23.9 Å². The number of ether oxygens (including phenoxy) is 2. The van der Waals surface area contributed by atoms with E-state index in [0.717, 1.165) is 29.0 Å². The lowest BCUT2D eigenvalue weighted by atomic mass is 9.99. The van der Waals surface area contributed by atoms with Crippen molar-refractivity contribution in [2.75, 3.05) is 11.9 Å². The molecule has 1 amide bonds. The number of imidazole rings is 1. The van der Waals surface area contributed by atoms with Crippen molar-refractivity contribution >= 4 is 34.2 Å². The zero-order valence-corrected chi connectivity index (χ0v) is 26.4. The highest BCUT2D eigenvalue weighted by molar-refractivity contribution is 6.20. The number of pyridine rings is 1. The van der Waals surface area contributed by atoms with Gasteiger partial charge in [0.15, 0.2) is 0 Å². The normalized spacial score (nSPS) is 15.5. The van der Waals surface area contributed by atoms with Crippen molar-refractivity contribution in [2.24, 2.45) is 0 Å². The molecule has 50 heavy (non-hydrogen) atoms. The van der Waals surface area contributed by atoms with Gasteiger partial charge < -0.3 is 19.4 Å². The van der Waals surface area contributed by atoms with E-state index in [9.17, 15) is 26.7 Å². The van der Waals surface area contributed by atoms with Crippen molar-refractivity contribution in [3.8, 4) is 34.1 Å². The van der Waals surface area contributed by atoms with Gasteiger partial charge in [-0.15, -0.1) is 8.78 Å². The van der Waals surface area contributed by atoms with Crippen molar-refractivity contribution in [1.29, 1.82) is 0 Å². The van der Waals surface area contributed by atoms with E-state index in [0.29, 0.717) is 52.4 Å². The number of carbonyl (C=O) groups is 1. The van der Waals surface area contributed by atoms with Crippen LogP contribution in [0, 0.1) is 0 Å². The highest BCUT2D eigenvalue weighted by Gasteiger charge is 2.34. The molecule has 1 atom stereocenters. The summed E-state index contributed by atoms with van der Waals surface area (Å²) in [6.07, 6.45) is 0.0658. The maximum Gasteiger partial charge on any atom is 0.487 e. The third kappa shape index (κ3) is 5.79. The number of rotatable bonds is 6. The van der Waals surface area contributed by atoms with Crippen LogP contribution in [-0.4, -0.2) is 52.4 Å². The molecule has 8 rings (SSSR count). The van der Waals surface area contributed by atoms with Crippen molar-refractivity contribution in [3.63, 3.8) is 0 Å². The number of fused-ring (bicyclic) bond motifs is 6. The minimum atomic E-state index is -4.64. The van der Waals surface area contributed by atoms with Crippen molar-refractivity contribution < 1.29 is 36.2 Å². The lowest BCUT2D eigenvalue weighted by molar-refractivity contribution is -0.141. The molecule has 0 saturated carbocycles. The SMILES string of the molecule is C[C@@H]1COCc2nc3cc(C(=O)Nc4ccc(OC(F)(F)Cl)cc4)cc(-c4cnc5c(c4)-c4nn(-c6nccc(C(F)(F)F)n6)cc4C5)c3n21. The number of alkyl halides is 6. The summed E-state index contributed by atoms with van der Waals surface area (Å²) in [5, 5.41) is 7.31. The lowest BCUT2D eigenvalue weighted by Crippen LogP contribution is -2.21. The molecule has 11 nitrogen and oxygen atoms in total. The van der Waals surface area contributed by atoms with E-state index >= 15 is 0 Å². The maximum absolute atomic E-state index is 13.6. The molecular weight excluding hydrogens is 687 g/mol. The van der Waals surface area contributed by atoms with Gasteiger partial charge in [-0.05, 0) is 55.5 Å². The Hall–Kier alpha value is -5.48. The molecule has 1 aliphatic heterocycles. The van der Waals surface area contributed by atoms with Crippen molar-refractivity contribution in [2.45, 2.75) is 37.7 Å². The van der Waals surface area contributed by atoms with Crippen LogP contribution >= 0.6 is 11.6 Å². The van der Waals surface area contributed by atoms with Crippen LogP contribution < -0.4 is 10.1 Å². The number of benzene rings is 2. The summed E-state index contributed by atoms with van der Waals surface area (Å²) in [6.45, 7) is 2.73. The Kier molecular flexibility index (Phi) is 7.34. The maximum atomic E-state index is 13.6. The Morgan fingerprint density at radius 2 is 1.84 bits per heavy atom. The van der Waals surface area contributed by atoms with Crippen LogP contribution in [0.25, 0.3) is 39.4 Å². The number of amides is 1. The Morgan fingerprint density at radius 3 is 2.60 bits per heavy atom. The highest BCUT2D eigenvalue weighted by atomic mass is 35.5. The number of aromatic nitrogens is 7. The van der Waals surface area contributed by atoms with Gasteiger partial charge >= 0.3 is 11.7 Å². The first kappa shape index (κ1) is 31.8. The smallest absolute Gasteiger partial charge is 0.420 e. The van der Waals surface area contributed by atoms with Crippen LogP contribution in [0.2, 0.25) is 0 Å². The first-order valence-corrected chi connectivity index (χ1v) is 15.5. The molecule has 2 aliphatic rings.